The van der Waals surface area contributed by atoms with Crippen LogP contribution >= 0.6 is 0 Å². The van der Waals surface area contributed by atoms with Crippen molar-refractivity contribution >= 4 is 22.7 Å². The van der Waals surface area contributed by atoms with E-state index in [1.807, 2.05) is 80.6 Å². The second-order valence-electron chi connectivity index (χ2n) is 8.18. The van der Waals surface area contributed by atoms with E-state index in [1.165, 1.54) is 0 Å². The molecular formula is C25H21N3O3. The Bertz CT molecular complexity index is 1330. The number of carbonyl (C=O) groups excluding carboxylic acids is 1. The monoisotopic (exact) mass is 411 g/mol. The van der Waals surface area contributed by atoms with E-state index < -0.39 is 5.60 Å². The predicted octanol–water partition coefficient (Wildman–Crippen LogP) is 5.07. The smallest absolute Gasteiger partial charge is 0.415 e. The molecule has 1 amide bonds. The molecule has 2 aromatic carbocycles. The van der Waals surface area contributed by atoms with Crippen molar-refractivity contribution in [1.29, 1.82) is 0 Å². The average molecular weight is 411 g/mol. The van der Waals surface area contributed by atoms with E-state index in [1.54, 1.807) is 17.3 Å². The third-order valence-corrected chi connectivity index (χ3v) is 5.68. The van der Waals surface area contributed by atoms with Crippen LogP contribution in [0.3, 0.4) is 0 Å². The van der Waals surface area contributed by atoms with Gasteiger partial charge in [-0.2, -0.15) is 0 Å². The third-order valence-electron chi connectivity index (χ3n) is 5.68. The van der Waals surface area contributed by atoms with Crippen LogP contribution in [0.4, 0.5) is 10.5 Å². The summed E-state index contributed by atoms with van der Waals surface area (Å²) in [7, 11) is 0. The van der Waals surface area contributed by atoms with E-state index in [9.17, 15) is 9.59 Å². The SMILES string of the molecule is CC1(C)OC(=O)N(c2ccc(-c3cc4ccncc4[nH]c3=O)cc2)C1c1ccccc1. The van der Waals surface area contributed by atoms with E-state index in [2.05, 4.69) is 9.97 Å². The normalized spacial score (nSPS) is 17.7. The summed E-state index contributed by atoms with van der Waals surface area (Å²) in [4.78, 5) is 33.9. The third kappa shape index (κ3) is 3.26. The molecule has 0 spiro atoms. The molecule has 6 heteroatoms. The molecule has 4 aromatic rings. The molecule has 31 heavy (non-hydrogen) atoms. The highest BCUT2D eigenvalue weighted by molar-refractivity contribution is 5.92. The van der Waals surface area contributed by atoms with Crippen molar-refractivity contribution in [3.63, 3.8) is 0 Å². The summed E-state index contributed by atoms with van der Waals surface area (Å²) >= 11 is 0. The van der Waals surface area contributed by atoms with Gasteiger partial charge in [-0.25, -0.2) is 4.79 Å². The van der Waals surface area contributed by atoms with E-state index in [0.717, 1.165) is 22.2 Å². The van der Waals surface area contributed by atoms with Crippen LogP contribution < -0.4 is 10.5 Å². The number of nitrogens with zero attached hydrogens (tertiary/aromatic N) is 2. The maximum Gasteiger partial charge on any atom is 0.415 e. The number of fused-ring (bicyclic) bond motifs is 1. The van der Waals surface area contributed by atoms with Crippen LogP contribution in [-0.2, 0) is 4.74 Å². The summed E-state index contributed by atoms with van der Waals surface area (Å²) in [6.07, 6.45) is 2.94. The van der Waals surface area contributed by atoms with Crippen LogP contribution in [0.5, 0.6) is 0 Å². The van der Waals surface area contributed by atoms with Crippen molar-refractivity contribution in [2.24, 2.45) is 0 Å². The van der Waals surface area contributed by atoms with Crippen LogP contribution in [0.25, 0.3) is 22.0 Å². The highest BCUT2D eigenvalue weighted by Gasteiger charge is 2.49. The van der Waals surface area contributed by atoms with Crippen molar-refractivity contribution in [3.8, 4) is 11.1 Å². The summed E-state index contributed by atoms with van der Waals surface area (Å²) in [5.41, 5.74) is 2.89. The minimum absolute atomic E-state index is 0.183. The summed E-state index contributed by atoms with van der Waals surface area (Å²) in [6, 6.07) is 20.7. The quantitative estimate of drug-likeness (QED) is 0.511. The number of amides is 1. The zero-order chi connectivity index (χ0) is 21.6. The highest BCUT2D eigenvalue weighted by Crippen LogP contribution is 2.43. The zero-order valence-corrected chi connectivity index (χ0v) is 17.2. The number of hydrogen-bond donors (Lipinski definition) is 1. The Hall–Kier alpha value is -3.93. The first kappa shape index (κ1) is 19.1. The van der Waals surface area contributed by atoms with Gasteiger partial charge in [-0.3, -0.25) is 14.7 Å². The van der Waals surface area contributed by atoms with Crippen molar-refractivity contribution < 1.29 is 9.53 Å². The molecule has 0 radical (unpaired) electrons. The lowest BCUT2D eigenvalue weighted by molar-refractivity contribution is 0.0685. The molecule has 0 aliphatic carbocycles. The van der Waals surface area contributed by atoms with Gasteiger partial charge in [0.2, 0.25) is 0 Å². The van der Waals surface area contributed by atoms with Crippen LogP contribution in [0.2, 0.25) is 0 Å². The van der Waals surface area contributed by atoms with Crippen LogP contribution in [0.1, 0.15) is 25.5 Å². The van der Waals surface area contributed by atoms with Gasteiger partial charge in [0.25, 0.3) is 5.56 Å². The van der Waals surface area contributed by atoms with Crippen molar-refractivity contribution in [1.82, 2.24) is 9.97 Å². The standard InChI is InChI=1S/C25H21N3O3/c1-25(2)22(17-6-4-3-5-7-17)28(24(30)31-25)19-10-8-16(9-11-19)20-14-18-12-13-26-15-21(18)27-23(20)29/h3-15,22H,1-2H3,(H,27,29). The Morgan fingerprint density at radius 2 is 1.74 bits per heavy atom. The summed E-state index contributed by atoms with van der Waals surface area (Å²) < 4.78 is 5.69. The Morgan fingerprint density at radius 3 is 2.48 bits per heavy atom. The first-order valence-corrected chi connectivity index (χ1v) is 10.1. The number of H-pyrrole nitrogens is 1. The Labute approximate surface area is 179 Å². The van der Waals surface area contributed by atoms with Gasteiger partial charge in [0.15, 0.2) is 0 Å². The molecule has 1 atom stereocenters. The largest absolute Gasteiger partial charge is 0.441 e. The zero-order valence-electron chi connectivity index (χ0n) is 17.2. The molecule has 6 nitrogen and oxygen atoms in total. The lowest BCUT2D eigenvalue weighted by Gasteiger charge is -2.29. The number of aromatic amines is 1. The Kier molecular flexibility index (Phi) is 4.36. The molecule has 5 rings (SSSR count). The van der Waals surface area contributed by atoms with Gasteiger partial charge in [0.05, 0.1) is 11.7 Å². The van der Waals surface area contributed by atoms with Gasteiger partial charge in [-0.05, 0) is 49.2 Å². The number of carbonyl (C=O) groups is 1. The first-order valence-electron chi connectivity index (χ1n) is 10.1. The molecule has 1 aliphatic heterocycles. The number of aromatic nitrogens is 2. The van der Waals surface area contributed by atoms with E-state index in [-0.39, 0.29) is 17.7 Å². The van der Waals surface area contributed by atoms with Crippen molar-refractivity contribution in [2.45, 2.75) is 25.5 Å². The van der Waals surface area contributed by atoms with Gasteiger partial charge < -0.3 is 9.72 Å². The molecule has 1 N–H and O–H groups in total. The molecule has 0 saturated carbocycles. The summed E-state index contributed by atoms with van der Waals surface area (Å²) in [5, 5.41) is 0.905. The number of benzene rings is 2. The molecule has 2 aromatic heterocycles. The van der Waals surface area contributed by atoms with Gasteiger partial charge in [0, 0.05) is 22.8 Å². The topological polar surface area (TPSA) is 75.3 Å². The minimum atomic E-state index is -0.680. The molecule has 1 saturated heterocycles. The molecule has 1 unspecified atom stereocenters. The molecule has 0 bridgehead atoms. The van der Waals surface area contributed by atoms with Crippen molar-refractivity contribution in [2.75, 3.05) is 4.90 Å². The van der Waals surface area contributed by atoms with Gasteiger partial charge in [-0.1, -0.05) is 42.5 Å². The average Bonchev–Trinajstić information content (AvgIpc) is 3.02. The lowest BCUT2D eigenvalue weighted by atomic mass is 9.91. The number of cyclic esters (lactones) is 1. The summed E-state index contributed by atoms with van der Waals surface area (Å²) in [5.74, 6) is 0. The van der Waals surface area contributed by atoms with E-state index in [4.69, 9.17) is 4.74 Å². The van der Waals surface area contributed by atoms with Crippen LogP contribution in [0, 0.1) is 0 Å². The number of pyridine rings is 2. The second-order valence-corrected chi connectivity index (χ2v) is 8.18. The van der Waals surface area contributed by atoms with E-state index >= 15 is 0 Å². The van der Waals surface area contributed by atoms with E-state index in [0.29, 0.717) is 11.1 Å². The second kappa shape index (κ2) is 7.09. The molecular weight excluding hydrogens is 390 g/mol. The van der Waals surface area contributed by atoms with Crippen LogP contribution in [0.15, 0.2) is 83.9 Å². The maximum atomic E-state index is 12.8. The van der Waals surface area contributed by atoms with Crippen LogP contribution in [-0.4, -0.2) is 21.7 Å². The fraction of sp³-hybridized carbons (Fsp3) is 0.160. The molecule has 3 heterocycles. The fourth-order valence-electron chi connectivity index (χ4n) is 4.25. The Morgan fingerprint density at radius 1 is 1.00 bits per heavy atom. The van der Waals surface area contributed by atoms with Gasteiger partial charge in [0.1, 0.15) is 11.6 Å². The number of rotatable bonds is 3. The minimum Gasteiger partial charge on any atom is -0.441 e. The fourth-order valence-corrected chi connectivity index (χ4v) is 4.25. The molecule has 1 fully saturated rings. The number of hydrogen-bond acceptors (Lipinski definition) is 4. The number of nitrogens with one attached hydrogen (secondary N) is 1. The first-order chi connectivity index (χ1) is 14.9. The molecule has 1 aliphatic rings. The lowest BCUT2D eigenvalue weighted by Crippen LogP contribution is -2.33. The Balaban J connectivity index is 1.54. The number of anilines is 1. The van der Waals surface area contributed by atoms with Gasteiger partial charge in [-0.15, -0.1) is 0 Å². The summed E-state index contributed by atoms with van der Waals surface area (Å²) in [6.45, 7) is 3.83. The molecule has 154 valence electrons. The van der Waals surface area contributed by atoms with Crippen molar-refractivity contribution in [3.05, 3.63) is 95.0 Å². The number of ether oxygens (including phenoxy) is 1. The van der Waals surface area contributed by atoms with Gasteiger partial charge >= 0.3 is 6.09 Å². The maximum absolute atomic E-state index is 12.8. The predicted molar refractivity (Wildman–Crippen MR) is 120 cm³/mol. The highest BCUT2D eigenvalue weighted by atomic mass is 16.6.